The molecule has 1 aromatic heterocycles. The van der Waals surface area contributed by atoms with E-state index in [-0.39, 0.29) is 17.6 Å². The lowest BCUT2D eigenvalue weighted by Crippen LogP contribution is -2.41. The molecule has 0 bridgehead atoms. The van der Waals surface area contributed by atoms with E-state index in [2.05, 4.69) is 69.7 Å². The van der Waals surface area contributed by atoms with E-state index in [0.717, 1.165) is 25.7 Å². The third-order valence-electron chi connectivity index (χ3n) is 5.86. The van der Waals surface area contributed by atoms with Crippen LogP contribution in [0.1, 0.15) is 44.2 Å². The van der Waals surface area contributed by atoms with Gasteiger partial charge in [0.1, 0.15) is 17.5 Å². The lowest BCUT2D eigenvalue weighted by atomic mass is 9.73. The van der Waals surface area contributed by atoms with Crippen molar-refractivity contribution in [2.24, 2.45) is 5.41 Å². The maximum Gasteiger partial charge on any atom is 0.224 e. The summed E-state index contributed by atoms with van der Waals surface area (Å²) in [5.74, 6) is 1.07. The van der Waals surface area contributed by atoms with Crippen LogP contribution in [0.25, 0.3) is 0 Å². The molecule has 0 spiro atoms. The first-order valence-electron chi connectivity index (χ1n) is 10.5. The van der Waals surface area contributed by atoms with Crippen LogP contribution in [0.4, 0.5) is 17.5 Å². The summed E-state index contributed by atoms with van der Waals surface area (Å²) in [7, 11) is 4.06. The summed E-state index contributed by atoms with van der Waals surface area (Å²) < 4.78 is 0. The molecule has 1 aliphatic rings. The first kappa shape index (κ1) is 21.8. The van der Waals surface area contributed by atoms with Gasteiger partial charge in [0.15, 0.2) is 0 Å². The van der Waals surface area contributed by atoms with E-state index in [1.54, 1.807) is 6.20 Å². The zero-order valence-electron chi connectivity index (χ0n) is 18.3. The van der Waals surface area contributed by atoms with Gasteiger partial charge in [-0.05, 0) is 48.8 Å². The van der Waals surface area contributed by atoms with Crippen molar-refractivity contribution in [3.05, 3.63) is 41.6 Å². The number of hydrogen-bond donors (Lipinski definition) is 3. The second kappa shape index (κ2) is 9.31. The molecule has 0 unspecified atom stereocenters. The van der Waals surface area contributed by atoms with Gasteiger partial charge < -0.3 is 20.6 Å². The quantitative estimate of drug-likeness (QED) is 0.646. The van der Waals surface area contributed by atoms with Crippen LogP contribution >= 0.6 is 0 Å². The van der Waals surface area contributed by atoms with Crippen LogP contribution in [0.3, 0.4) is 0 Å². The zero-order chi connectivity index (χ0) is 21.7. The third-order valence-corrected chi connectivity index (χ3v) is 5.86. The predicted molar refractivity (Wildman–Crippen MR) is 121 cm³/mol. The van der Waals surface area contributed by atoms with Gasteiger partial charge in [0.2, 0.25) is 5.95 Å². The SMILES string of the molecule is CN(C)c1ccc(CCNc2ncc(C#N)c(N[C@@H]3CC[C@H](O)C(C)(C)C3)n2)cc1. The minimum atomic E-state index is -0.291. The van der Waals surface area contributed by atoms with E-state index >= 15 is 0 Å². The van der Waals surface area contributed by atoms with E-state index in [1.807, 2.05) is 14.1 Å². The van der Waals surface area contributed by atoms with Gasteiger partial charge >= 0.3 is 0 Å². The highest BCUT2D eigenvalue weighted by Crippen LogP contribution is 2.36. The van der Waals surface area contributed by atoms with Crippen LogP contribution < -0.4 is 15.5 Å². The number of aliphatic hydroxyl groups is 1. The molecule has 160 valence electrons. The van der Waals surface area contributed by atoms with Gasteiger partial charge in [-0.15, -0.1) is 0 Å². The molecule has 30 heavy (non-hydrogen) atoms. The molecular weight excluding hydrogens is 376 g/mol. The highest BCUT2D eigenvalue weighted by atomic mass is 16.3. The molecule has 2 atom stereocenters. The van der Waals surface area contributed by atoms with Gasteiger partial charge in [-0.3, -0.25) is 0 Å². The maximum absolute atomic E-state index is 10.2. The van der Waals surface area contributed by atoms with Gasteiger partial charge in [0.05, 0.1) is 12.3 Å². The molecule has 1 heterocycles. The molecule has 0 amide bonds. The van der Waals surface area contributed by atoms with Gasteiger partial charge in [-0.25, -0.2) is 4.98 Å². The van der Waals surface area contributed by atoms with Gasteiger partial charge in [0, 0.05) is 32.4 Å². The van der Waals surface area contributed by atoms with Crippen LogP contribution in [0.15, 0.2) is 30.5 Å². The van der Waals surface area contributed by atoms with Gasteiger partial charge in [0.25, 0.3) is 0 Å². The van der Waals surface area contributed by atoms with Crippen molar-refractivity contribution in [2.45, 2.75) is 51.7 Å². The van der Waals surface area contributed by atoms with Crippen LogP contribution in [-0.4, -0.2) is 47.9 Å². The Morgan fingerprint density at radius 3 is 2.60 bits per heavy atom. The highest BCUT2D eigenvalue weighted by Gasteiger charge is 2.35. The summed E-state index contributed by atoms with van der Waals surface area (Å²) in [5, 5.41) is 26.3. The number of nitriles is 1. The summed E-state index contributed by atoms with van der Waals surface area (Å²) in [6, 6.07) is 10.8. The molecule has 3 rings (SSSR count). The summed E-state index contributed by atoms with van der Waals surface area (Å²) in [6.45, 7) is 4.86. The minimum absolute atomic E-state index is 0.154. The van der Waals surface area contributed by atoms with Crippen molar-refractivity contribution in [3.63, 3.8) is 0 Å². The topological polar surface area (TPSA) is 97.1 Å². The van der Waals surface area contributed by atoms with E-state index in [1.165, 1.54) is 11.3 Å². The smallest absolute Gasteiger partial charge is 0.224 e. The Hall–Kier alpha value is -2.85. The fourth-order valence-electron chi connectivity index (χ4n) is 3.88. The molecule has 1 fully saturated rings. The summed E-state index contributed by atoms with van der Waals surface area (Å²) in [5.41, 5.74) is 2.70. The van der Waals surface area contributed by atoms with E-state index in [4.69, 9.17) is 0 Å². The van der Waals surface area contributed by atoms with Crippen molar-refractivity contribution < 1.29 is 5.11 Å². The molecule has 1 saturated carbocycles. The van der Waals surface area contributed by atoms with Crippen LogP contribution in [0.2, 0.25) is 0 Å². The molecule has 3 N–H and O–H groups in total. The third kappa shape index (κ3) is 5.39. The van der Waals surface area contributed by atoms with Crippen molar-refractivity contribution in [1.82, 2.24) is 9.97 Å². The maximum atomic E-state index is 10.2. The van der Waals surface area contributed by atoms with Crippen LogP contribution in [0.5, 0.6) is 0 Å². The van der Waals surface area contributed by atoms with E-state index in [9.17, 15) is 10.4 Å². The Morgan fingerprint density at radius 2 is 1.97 bits per heavy atom. The van der Waals surface area contributed by atoms with Crippen LogP contribution in [0, 0.1) is 16.7 Å². The number of rotatable bonds is 7. The second-order valence-electron chi connectivity index (χ2n) is 8.93. The Bertz CT molecular complexity index is 888. The van der Waals surface area contributed by atoms with Crippen molar-refractivity contribution in [2.75, 3.05) is 36.2 Å². The van der Waals surface area contributed by atoms with Crippen molar-refractivity contribution >= 4 is 17.5 Å². The molecular formula is C23H32N6O. The van der Waals surface area contributed by atoms with Crippen molar-refractivity contribution in [1.29, 1.82) is 5.26 Å². The Labute approximate surface area is 179 Å². The average Bonchev–Trinajstić information content (AvgIpc) is 2.71. The number of hydrogen-bond acceptors (Lipinski definition) is 7. The molecule has 1 aliphatic carbocycles. The zero-order valence-corrected chi connectivity index (χ0v) is 18.3. The lowest BCUT2D eigenvalue weighted by molar-refractivity contribution is 0.00926. The number of nitrogens with zero attached hydrogens (tertiary/aromatic N) is 4. The molecule has 2 aromatic rings. The molecule has 7 heteroatoms. The lowest BCUT2D eigenvalue weighted by Gasteiger charge is -2.40. The Balaban J connectivity index is 1.61. The van der Waals surface area contributed by atoms with E-state index in [0.29, 0.717) is 23.9 Å². The minimum Gasteiger partial charge on any atom is -0.393 e. The number of aliphatic hydroxyl groups excluding tert-OH is 1. The first-order valence-corrected chi connectivity index (χ1v) is 10.5. The first-order chi connectivity index (χ1) is 14.3. The number of nitrogens with one attached hydrogen (secondary N) is 2. The fourth-order valence-corrected chi connectivity index (χ4v) is 3.88. The summed E-state index contributed by atoms with van der Waals surface area (Å²) in [6.07, 6.45) is 4.55. The normalized spacial score (nSPS) is 20.3. The Morgan fingerprint density at radius 1 is 1.23 bits per heavy atom. The molecule has 7 nitrogen and oxygen atoms in total. The molecule has 0 aliphatic heterocycles. The molecule has 1 aromatic carbocycles. The number of aromatic nitrogens is 2. The molecule has 0 saturated heterocycles. The predicted octanol–water partition coefficient (Wildman–Crippen LogP) is 3.42. The monoisotopic (exact) mass is 408 g/mol. The standard InChI is InChI=1S/C23H32N6O/c1-23(2)13-18(7-10-20(23)30)27-21-17(14-24)15-26-22(28-21)25-12-11-16-5-8-19(9-6-16)29(3)4/h5-6,8-9,15,18,20,30H,7,10-13H2,1-4H3,(H2,25,26,27,28)/t18-,20+/m1/s1. The number of benzene rings is 1. The average molecular weight is 409 g/mol. The van der Waals surface area contributed by atoms with Crippen LogP contribution in [-0.2, 0) is 6.42 Å². The van der Waals surface area contributed by atoms with Crippen molar-refractivity contribution in [3.8, 4) is 6.07 Å². The van der Waals surface area contributed by atoms with Gasteiger partial charge in [-0.1, -0.05) is 26.0 Å². The van der Waals surface area contributed by atoms with Gasteiger partial charge in [-0.2, -0.15) is 10.2 Å². The largest absolute Gasteiger partial charge is 0.393 e. The van der Waals surface area contributed by atoms with E-state index < -0.39 is 0 Å². The Kier molecular flexibility index (Phi) is 6.78. The fraction of sp³-hybridized carbons (Fsp3) is 0.522. The highest BCUT2D eigenvalue weighted by molar-refractivity contribution is 5.54. The second-order valence-corrected chi connectivity index (χ2v) is 8.93. The summed E-state index contributed by atoms with van der Waals surface area (Å²) in [4.78, 5) is 10.9. The summed E-state index contributed by atoms with van der Waals surface area (Å²) >= 11 is 0. The number of anilines is 3. The molecule has 0 radical (unpaired) electrons.